The molecule has 0 aliphatic rings. The summed E-state index contributed by atoms with van der Waals surface area (Å²) in [5.74, 6) is 0.809. The summed E-state index contributed by atoms with van der Waals surface area (Å²) in [4.78, 5) is 30.9. The van der Waals surface area contributed by atoms with Gasteiger partial charge in [-0.25, -0.2) is 10.2 Å². The number of hydrogen-bond donors (Lipinski definition) is 3. The molecule has 2 heterocycles. The number of nitrogens with zero attached hydrogens (tertiary/aromatic N) is 4. The lowest BCUT2D eigenvalue weighted by atomic mass is 10.1. The van der Waals surface area contributed by atoms with E-state index in [0.29, 0.717) is 29.4 Å². The maximum atomic E-state index is 12.3. The first-order chi connectivity index (χ1) is 12.8. The molecular formula is C18H22N6O3. The number of aryl methyl sites for hydroxylation is 1. The van der Waals surface area contributed by atoms with E-state index in [1.807, 2.05) is 20.8 Å². The Balaban J connectivity index is 2.07. The predicted octanol–water partition coefficient (Wildman–Crippen LogP) is 1.62. The Labute approximate surface area is 155 Å². The largest absolute Gasteiger partial charge is 0.508 e. The van der Waals surface area contributed by atoms with Crippen LogP contribution in [0.3, 0.4) is 0 Å². The van der Waals surface area contributed by atoms with Gasteiger partial charge in [0, 0.05) is 13.6 Å². The van der Waals surface area contributed by atoms with Crippen molar-refractivity contribution in [2.24, 2.45) is 18.1 Å². The van der Waals surface area contributed by atoms with Crippen LogP contribution in [0.4, 0.5) is 5.95 Å². The van der Waals surface area contributed by atoms with E-state index >= 15 is 0 Å². The minimum Gasteiger partial charge on any atom is -0.508 e. The van der Waals surface area contributed by atoms with E-state index in [0.717, 1.165) is 5.56 Å². The Morgan fingerprint density at radius 3 is 2.59 bits per heavy atom. The lowest BCUT2D eigenvalue weighted by Gasteiger charge is -2.11. The number of phenolic OH excluding ortho intramolecular Hbond substituents is 1. The van der Waals surface area contributed by atoms with Crippen molar-refractivity contribution in [2.75, 3.05) is 5.43 Å². The summed E-state index contributed by atoms with van der Waals surface area (Å²) in [7, 11) is 1.56. The van der Waals surface area contributed by atoms with Gasteiger partial charge in [0.2, 0.25) is 5.95 Å². The van der Waals surface area contributed by atoms with Gasteiger partial charge in [0.05, 0.1) is 5.71 Å². The number of hydrogen-bond acceptors (Lipinski definition) is 6. The first kappa shape index (κ1) is 18.4. The highest BCUT2D eigenvalue weighted by atomic mass is 16.3. The first-order valence-corrected chi connectivity index (χ1v) is 8.57. The molecule has 0 aliphatic carbocycles. The van der Waals surface area contributed by atoms with Gasteiger partial charge in [0.1, 0.15) is 5.75 Å². The number of fused-ring (bicyclic) bond motifs is 1. The van der Waals surface area contributed by atoms with E-state index in [-0.39, 0.29) is 11.7 Å². The van der Waals surface area contributed by atoms with Crippen LogP contribution in [0.25, 0.3) is 11.2 Å². The zero-order valence-corrected chi connectivity index (χ0v) is 15.6. The number of nitrogens with one attached hydrogen (secondary N) is 2. The number of hydrazone groups is 1. The third kappa shape index (κ3) is 3.62. The van der Waals surface area contributed by atoms with Crippen LogP contribution < -0.4 is 16.7 Å². The van der Waals surface area contributed by atoms with E-state index in [9.17, 15) is 14.7 Å². The maximum absolute atomic E-state index is 12.3. The molecule has 9 heteroatoms. The van der Waals surface area contributed by atoms with Crippen molar-refractivity contribution in [1.82, 2.24) is 19.1 Å². The van der Waals surface area contributed by atoms with Gasteiger partial charge in [-0.2, -0.15) is 10.1 Å². The van der Waals surface area contributed by atoms with Crippen LogP contribution in [0, 0.1) is 5.92 Å². The van der Waals surface area contributed by atoms with Gasteiger partial charge in [-0.1, -0.05) is 13.8 Å². The number of aromatic amines is 1. The van der Waals surface area contributed by atoms with Crippen LogP contribution in [0.2, 0.25) is 0 Å². The fourth-order valence-corrected chi connectivity index (χ4v) is 2.76. The van der Waals surface area contributed by atoms with E-state index in [1.165, 1.54) is 4.57 Å². The van der Waals surface area contributed by atoms with E-state index < -0.39 is 11.2 Å². The smallest absolute Gasteiger partial charge is 0.329 e. The second kappa shape index (κ2) is 7.10. The molecule has 0 fully saturated rings. The van der Waals surface area contributed by atoms with Gasteiger partial charge >= 0.3 is 5.69 Å². The van der Waals surface area contributed by atoms with Crippen LogP contribution in [-0.2, 0) is 13.6 Å². The summed E-state index contributed by atoms with van der Waals surface area (Å²) >= 11 is 0. The lowest BCUT2D eigenvalue weighted by molar-refractivity contribution is 0.475. The van der Waals surface area contributed by atoms with Crippen molar-refractivity contribution in [2.45, 2.75) is 27.3 Å². The second-order valence-corrected chi connectivity index (χ2v) is 6.79. The number of H-pyrrole nitrogens is 1. The highest BCUT2D eigenvalue weighted by Crippen LogP contribution is 2.18. The summed E-state index contributed by atoms with van der Waals surface area (Å²) in [5.41, 5.74) is 4.04. The van der Waals surface area contributed by atoms with Gasteiger partial charge < -0.3 is 9.67 Å². The van der Waals surface area contributed by atoms with Gasteiger partial charge in [-0.05, 0) is 42.7 Å². The maximum Gasteiger partial charge on any atom is 0.329 e. The standard InChI is InChI=1S/C18H22N6O3/c1-10(2)9-24-14-15(23(4)18(27)20-16(14)26)19-17(24)22-21-11(3)12-5-7-13(25)8-6-12/h5-8,10,25H,9H2,1-4H3,(H,19,22)(H,20,26,27)/b21-11+. The molecule has 142 valence electrons. The quantitative estimate of drug-likeness (QED) is 0.466. The number of phenols is 1. The molecule has 0 bridgehead atoms. The average Bonchev–Trinajstić information content (AvgIpc) is 2.96. The molecule has 27 heavy (non-hydrogen) atoms. The lowest BCUT2D eigenvalue weighted by Crippen LogP contribution is -2.29. The minimum absolute atomic E-state index is 0.179. The molecule has 3 N–H and O–H groups in total. The molecule has 2 aromatic heterocycles. The van der Waals surface area contributed by atoms with Crippen LogP contribution in [0.5, 0.6) is 5.75 Å². The first-order valence-electron chi connectivity index (χ1n) is 8.57. The predicted molar refractivity (Wildman–Crippen MR) is 104 cm³/mol. The molecule has 0 spiro atoms. The molecule has 0 unspecified atom stereocenters. The molecule has 0 saturated carbocycles. The zero-order chi connectivity index (χ0) is 19.7. The van der Waals surface area contributed by atoms with Crippen LogP contribution in [0.15, 0.2) is 39.0 Å². The van der Waals surface area contributed by atoms with Crippen molar-refractivity contribution < 1.29 is 5.11 Å². The number of imidazole rings is 1. The molecule has 0 radical (unpaired) electrons. The van der Waals surface area contributed by atoms with Gasteiger partial charge in [0.25, 0.3) is 5.56 Å². The Morgan fingerprint density at radius 1 is 1.30 bits per heavy atom. The molecule has 0 atom stereocenters. The van der Waals surface area contributed by atoms with E-state index in [4.69, 9.17) is 0 Å². The molecule has 3 aromatic rings. The van der Waals surface area contributed by atoms with Crippen molar-refractivity contribution in [1.29, 1.82) is 0 Å². The Bertz CT molecular complexity index is 1120. The molecule has 1 aromatic carbocycles. The van der Waals surface area contributed by atoms with Crippen molar-refractivity contribution in [3.05, 3.63) is 50.7 Å². The second-order valence-electron chi connectivity index (χ2n) is 6.79. The minimum atomic E-state index is -0.517. The molecule has 0 amide bonds. The van der Waals surface area contributed by atoms with Crippen LogP contribution in [-0.4, -0.2) is 29.9 Å². The topological polar surface area (TPSA) is 117 Å². The van der Waals surface area contributed by atoms with E-state index in [2.05, 4.69) is 20.5 Å². The number of aromatic hydroxyl groups is 1. The van der Waals surface area contributed by atoms with E-state index in [1.54, 1.807) is 35.9 Å². The molecule has 0 aliphatic heterocycles. The van der Waals surface area contributed by atoms with Crippen molar-refractivity contribution in [3.8, 4) is 5.75 Å². The summed E-state index contributed by atoms with van der Waals surface area (Å²) in [6.07, 6.45) is 0. The SMILES string of the molecule is C/C(=N\Nc1nc2c(c(=O)[nH]c(=O)n2C)n1CC(C)C)c1ccc(O)cc1. The highest BCUT2D eigenvalue weighted by molar-refractivity contribution is 5.99. The monoisotopic (exact) mass is 370 g/mol. The number of rotatable bonds is 5. The van der Waals surface area contributed by atoms with Gasteiger partial charge in [-0.15, -0.1) is 0 Å². The summed E-state index contributed by atoms with van der Waals surface area (Å²) in [5, 5.41) is 13.7. The fourth-order valence-electron chi connectivity index (χ4n) is 2.76. The summed E-state index contributed by atoms with van der Waals surface area (Å²) < 4.78 is 3.03. The van der Waals surface area contributed by atoms with Crippen LogP contribution in [0.1, 0.15) is 26.3 Å². The molecule has 3 rings (SSSR count). The zero-order valence-electron chi connectivity index (χ0n) is 15.6. The Hall–Kier alpha value is -3.36. The number of benzene rings is 1. The third-order valence-corrected chi connectivity index (χ3v) is 4.16. The summed E-state index contributed by atoms with van der Waals surface area (Å²) in [6.45, 7) is 6.40. The Morgan fingerprint density at radius 2 is 1.96 bits per heavy atom. The molecule has 9 nitrogen and oxygen atoms in total. The van der Waals surface area contributed by atoms with Gasteiger partial charge in [0.15, 0.2) is 11.2 Å². The van der Waals surface area contributed by atoms with Crippen molar-refractivity contribution in [3.63, 3.8) is 0 Å². The number of aromatic nitrogens is 4. The van der Waals surface area contributed by atoms with Crippen LogP contribution >= 0.6 is 0 Å². The number of anilines is 1. The molecular weight excluding hydrogens is 348 g/mol. The third-order valence-electron chi connectivity index (χ3n) is 4.16. The Kier molecular flexibility index (Phi) is 4.85. The fraction of sp³-hybridized carbons (Fsp3) is 0.333. The molecule has 0 saturated heterocycles. The summed E-state index contributed by atoms with van der Waals surface area (Å²) in [6, 6.07) is 6.66. The normalized spacial score (nSPS) is 12.1. The van der Waals surface area contributed by atoms with Gasteiger partial charge in [-0.3, -0.25) is 14.3 Å². The van der Waals surface area contributed by atoms with Crippen molar-refractivity contribution >= 4 is 22.8 Å². The highest BCUT2D eigenvalue weighted by Gasteiger charge is 2.18. The average molecular weight is 370 g/mol.